The number of halogens is 2. The Morgan fingerprint density at radius 1 is 1.21 bits per heavy atom. The van der Waals surface area contributed by atoms with E-state index in [0.717, 1.165) is 18.5 Å². The largest absolute Gasteiger partial charge is 0.378 e. The standard InChI is InChI=1S/C20H24FN5O.HI/c21-18-10-14(12-23-19(18)26-6-8-27-9-7-26)13-24-20(22)25-17-5-4-15-2-1-3-16(15)11-17;/h4-5,10-12H,1-3,6-9,13H2,(H3,22,24,25);1H. The zero-order valence-electron chi connectivity index (χ0n) is 15.7. The van der Waals surface area contributed by atoms with Crippen molar-refractivity contribution in [1.29, 1.82) is 0 Å². The smallest absolute Gasteiger partial charge is 0.193 e. The lowest BCUT2D eigenvalue weighted by Gasteiger charge is -2.28. The van der Waals surface area contributed by atoms with Crippen LogP contribution < -0.4 is 16.0 Å². The highest BCUT2D eigenvalue weighted by Gasteiger charge is 2.16. The molecule has 0 saturated carbocycles. The van der Waals surface area contributed by atoms with Crippen LogP contribution in [0.25, 0.3) is 0 Å². The van der Waals surface area contributed by atoms with E-state index in [1.165, 1.54) is 23.6 Å². The van der Waals surface area contributed by atoms with Crippen molar-refractivity contribution in [3.05, 3.63) is 53.0 Å². The average Bonchev–Trinajstić information content (AvgIpc) is 3.15. The minimum absolute atomic E-state index is 0. The first-order valence-corrected chi connectivity index (χ1v) is 9.35. The van der Waals surface area contributed by atoms with Crippen molar-refractivity contribution in [2.45, 2.75) is 25.8 Å². The number of morpholine rings is 1. The van der Waals surface area contributed by atoms with Crippen LogP contribution in [-0.4, -0.2) is 37.2 Å². The Hall–Kier alpha value is -1.94. The summed E-state index contributed by atoms with van der Waals surface area (Å²) < 4.78 is 19.7. The molecular formula is C20H25FIN5O. The number of aryl methyl sites for hydroxylation is 2. The van der Waals surface area contributed by atoms with Crippen LogP contribution >= 0.6 is 24.0 Å². The number of ether oxygens (including phenoxy) is 1. The van der Waals surface area contributed by atoms with E-state index >= 15 is 0 Å². The fraction of sp³-hybridized carbons (Fsp3) is 0.400. The SMILES string of the molecule is I.NC(=NCc1cnc(N2CCOCC2)c(F)c1)Nc1ccc2c(c1)CCC2. The first-order valence-electron chi connectivity index (χ1n) is 9.35. The summed E-state index contributed by atoms with van der Waals surface area (Å²) in [6.07, 6.45) is 5.13. The number of nitrogens with zero attached hydrogens (tertiary/aromatic N) is 3. The molecule has 2 heterocycles. The summed E-state index contributed by atoms with van der Waals surface area (Å²) in [6, 6.07) is 7.76. The number of aromatic nitrogens is 1. The summed E-state index contributed by atoms with van der Waals surface area (Å²) in [5.41, 5.74) is 10.4. The quantitative estimate of drug-likeness (QED) is 0.386. The summed E-state index contributed by atoms with van der Waals surface area (Å²) in [6.45, 7) is 2.77. The van der Waals surface area contributed by atoms with Crippen LogP contribution in [0.1, 0.15) is 23.1 Å². The fourth-order valence-corrected chi connectivity index (χ4v) is 3.58. The van der Waals surface area contributed by atoms with Gasteiger partial charge in [-0.2, -0.15) is 0 Å². The molecule has 0 bridgehead atoms. The van der Waals surface area contributed by atoms with Crippen molar-refractivity contribution < 1.29 is 9.13 Å². The van der Waals surface area contributed by atoms with Crippen molar-refractivity contribution in [1.82, 2.24) is 4.98 Å². The number of guanidine groups is 1. The van der Waals surface area contributed by atoms with E-state index < -0.39 is 0 Å². The third-order valence-corrected chi connectivity index (χ3v) is 4.99. The molecular weight excluding hydrogens is 472 g/mol. The Morgan fingerprint density at radius 3 is 2.79 bits per heavy atom. The van der Waals surface area contributed by atoms with Crippen molar-refractivity contribution in [3.63, 3.8) is 0 Å². The highest BCUT2D eigenvalue weighted by atomic mass is 127. The Kier molecular flexibility index (Phi) is 7.06. The topological polar surface area (TPSA) is 75.8 Å². The number of nitrogens with one attached hydrogen (secondary N) is 1. The van der Waals surface area contributed by atoms with Crippen molar-refractivity contribution in [3.8, 4) is 0 Å². The van der Waals surface area contributed by atoms with E-state index in [-0.39, 0.29) is 36.3 Å². The monoisotopic (exact) mass is 497 g/mol. The summed E-state index contributed by atoms with van der Waals surface area (Å²) >= 11 is 0. The van der Waals surface area contributed by atoms with Crippen LogP contribution in [0.15, 0.2) is 35.5 Å². The number of aliphatic imine (C=N–C) groups is 1. The van der Waals surface area contributed by atoms with Gasteiger partial charge in [-0.3, -0.25) is 0 Å². The van der Waals surface area contributed by atoms with Crippen LogP contribution in [0.3, 0.4) is 0 Å². The maximum Gasteiger partial charge on any atom is 0.193 e. The van der Waals surface area contributed by atoms with Crippen molar-refractivity contribution in [2.24, 2.45) is 10.7 Å². The normalized spacial score (nSPS) is 16.5. The van der Waals surface area contributed by atoms with Crippen LogP contribution in [-0.2, 0) is 24.1 Å². The third-order valence-electron chi connectivity index (χ3n) is 4.99. The number of rotatable bonds is 4. The fourth-order valence-electron chi connectivity index (χ4n) is 3.58. The highest BCUT2D eigenvalue weighted by molar-refractivity contribution is 14.0. The van der Waals surface area contributed by atoms with Gasteiger partial charge in [0.05, 0.1) is 19.8 Å². The molecule has 1 saturated heterocycles. The number of nitrogens with two attached hydrogens (primary N) is 1. The maximum atomic E-state index is 14.4. The van der Waals surface area contributed by atoms with Gasteiger partial charge >= 0.3 is 0 Å². The van der Waals surface area contributed by atoms with Gasteiger partial charge in [0, 0.05) is 25.0 Å². The molecule has 2 aliphatic rings. The van der Waals surface area contributed by atoms with Gasteiger partial charge in [-0.05, 0) is 54.2 Å². The van der Waals surface area contributed by atoms with Gasteiger partial charge in [0.1, 0.15) is 0 Å². The second-order valence-electron chi connectivity index (χ2n) is 6.91. The number of hydrogen-bond acceptors (Lipinski definition) is 4. The maximum absolute atomic E-state index is 14.4. The van der Waals surface area contributed by atoms with E-state index in [9.17, 15) is 4.39 Å². The molecule has 28 heavy (non-hydrogen) atoms. The molecule has 1 aromatic heterocycles. The van der Waals surface area contributed by atoms with Gasteiger partial charge in [0.2, 0.25) is 0 Å². The predicted molar refractivity (Wildman–Crippen MR) is 120 cm³/mol. The van der Waals surface area contributed by atoms with Crippen LogP contribution in [0.2, 0.25) is 0 Å². The number of pyridine rings is 1. The van der Waals surface area contributed by atoms with Gasteiger partial charge in [-0.25, -0.2) is 14.4 Å². The second-order valence-corrected chi connectivity index (χ2v) is 6.91. The minimum Gasteiger partial charge on any atom is -0.378 e. The van der Waals surface area contributed by atoms with E-state index in [1.54, 1.807) is 6.20 Å². The molecule has 150 valence electrons. The lowest BCUT2D eigenvalue weighted by molar-refractivity contribution is 0.122. The van der Waals surface area contributed by atoms with Gasteiger partial charge in [0.25, 0.3) is 0 Å². The average molecular weight is 497 g/mol. The number of benzene rings is 1. The number of fused-ring (bicyclic) bond motifs is 1. The van der Waals surface area contributed by atoms with E-state index in [2.05, 4.69) is 27.4 Å². The molecule has 1 fully saturated rings. The summed E-state index contributed by atoms with van der Waals surface area (Å²) in [7, 11) is 0. The third kappa shape index (κ3) is 4.91. The van der Waals surface area contributed by atoms with Gasteiger partial charge in [-0.15, -0.1) is 24.0 Å². The lowest BCUT2D eigenvalue weighted by atomic mass is 10.1. The predicted octanol–water partition coefficient (Wildman–Crippen LogP) is 3.09. The van der Waals surface area contributed by atoms with Gasteiger partial charge < -0.3 is 20.7 Å². The molecule has 1 aliphatic heterocycles. The highest BCUT2D eigenvalue weighted by Crippen LogP contribution is 2.25. The summed E-state index contributed by atoms with van der Waals surface area (Å²) in [5.74, 6) is 0.343. The number of hydrogen-bond donors (Lipinski definition) is 2. The summed E-state index contributed by atoms with van der Waals surface area (Å²) in [5, 5.41) is 3.11. The Balaban J connectivity index is 0.00000225. The van der Waals surface area contributed by atoms with Crippen LogP contribution in [0.5, 0.6) is 0 Å². The molecule has 0 spiro atoms. The molecule has 0 amide bonds. The van der Waals surface area contributed by atoms with Crippen molar-refractivity contribution >= 4 is 41.4 Å². The Bertz CT molecular complexity index is 854. The molecule has 2 aromatic rings. The first kappa shape index (κ1) is 20.8. The van der Waals surface area contributed by atoms with Gasteiger partial charge in [-0.1, -0.05) is 6.07 Å². The Morgan fingerprint density at radius 2 is 2.00 bits per heavy atom. The van der Waals surface area contributed by atoms with Crippen LogP contribution in [0.4, 0.5) is 15.9 Å². The zero-order valence-corrected chi connectivity index (χ0v) is 18.0. The molecule has 8 heteroatoms. The number of anilines is 2. The molecule has 0 atom stereocenters. The lowest BCUT2D eigenvalue weighted by Crippen LogP contribution is -2.37. The molecule has 3 N–H and O–H groups in total. The molecule has 0 unspecified atom stereocenters. The molecule has 4 rings (SSSR count). The van der Waals surface area contributed by atoms with E-state index in [1.807, 2.05) is 11.0 Å². The first-order chi connectivity index (χ1) is 13.2. The van der Waals surface area contributed by atoms with Crippen molar-refractivity contribution in [2.75, 3.05) is 36.5 Å². The van der Waals surface area contributed by atoms with Gasteiger partial charge in [0.15, 0.2) is 17.6 Å². The zero-order chi connectivity index (χ0) is 18.6. The molecule has 1 aromatic carbocycles. The second kappa shape index (κ2) is 9.51. The minimum atomic E-state index is -0.338. The van der Waals surface area contributed by atoms with E-state index in [4.69, 9.17) is 10.5 Å². The van der Waals surface area contributed by atoms with E-state index in [0.29, 0.717) is 43.6 Å². The summed E-state index contributed by atoms with van der Waals surface area (Å²) in [4.78, 5) is 10.5. The van der Waals surface area contributed by atoms with Crippen LogP contribution in [0, 0.1) is 5.82 Å². The Labute approximate surface area is 181 Å². The molecule has 0 radical (unpaired) electrons. The molecule has 1 aliphatic carbocycles. The molecule has 6 nitrogen and oxygen atoms in total.